The quantitative estimate of drug-likeness (QED) is 0.766. The van der Waals surface area contributed by atoms with E-state index in [1.807, 2.05) is 18.9 Å². The van der Waals surface area contributed by atoms with Crippen LogP contribution in [0.4, 0.5) is 0 Å². The molecular weight excluding hydrogens is 188 g/mol. The Hall–Kier alpha value is -0.570. The van der Waals surface area contributed by atoms with Crippen LogP contribution in [0.25, 0.3) is 0 Å². The summed E-state index contributed by atoms with van der Waals surface area (Å²) in [6.07, 6.45) is 3.24. The van der Waals surface area contributed by atoms with Crippen molar-refractivity contribution in [3.8, 4) is 0 Å². The second kappa shape index (κ2) is 6.11. The molecule has 1 fully saturated rings. The van der Waals surface area contributed by atoms with Crippen LogP contribution in [-0.2, 0) is 4.79 Å². The molecule has 1 N–H and O–H groups in total. The summed E-state index contributed by atoms with van der Waals surface area (Å²) in [4.78, 5) is 13.5. The van der Waals surface area contributed by atoms with Crippen LogP contribution in [0, 0.1) is 11.8 Å². The number of piperidine rings is 1. The normalized spacial score (nSPS) is 23.5. The fraction of sp³-hybridized carbons (Fsp3) is 0.917. The molecule has 1 aliphatic rings. The molecule has 0 aromatic carbocycles. The van der Waals surface area contributed by atoms with Crippen molar-refractivity contribution < 1.29 is 4.79 Å². The van der Waals surface area contributed by atoms with E-state index in [4.69, 9.17) is 0 Å². The first-order chi connectivity index (χ1) is 7.15. The molecule has 0 aromatic rings. The monoisotopic (exact) mass is 212 g/mol. The molecule has 15 heavy (non-hydrogen) atoms. The van der Waals surface area contributed by atoms with E-state index < -0.39 is 0 Å². The van der Waals surface area contributed by atoms with Gasteiger partial charge in [0.15, 0.2) is 0 Å². The Morgan fingerprint density at radius 1 is 1.60 bits per heavy atom. The minimum atomic E-state index is 0.288. The standard InChI is InChI=1S/C12H24N2O/c1-4-14(3)12(15)8-10(2)11-6-5-7-13-9-11/h10-11,13H,4-9H2,1-3H3. The summed E-state index contributed by atoms with van der Waals surface area (Å²) in [5.41, 5.74) is 0. The zero-order chi connectivity index (χ0) is 11.3. The van der Waals surface area contributed by atoms with Crippen molar-refractivity contribution in [3.05, 3.63) is 0 Å². The maximum Gasteiger partial charge on any atom is 0.222 e. The highest BCUT2D eigenvalue weighted by molar-refractivity contribution is 5.76. The van der Waals surface area contributed by atoms with Crippen LogP contribution in [0.1, 0.15) is 33.1 Å². The van der Waals surface area contributed by atoms with Crippen molar-refractivity contribution in [2.45, 2.75) is 33.1 Å². The van der Waals surface area contributed by atoms with Gasteiger partial charge in [0, 0.05) is 20.0 Å². The van der Waals surface area contributed by atoms with E-state index in [0.717, 1.165) is 19.6 Å². The number of carbonyl (C=O) groups excluding carboxylic acids is 1. The molecule has 0 aliphatic carbocycles. The van der Waals surface area contributed by atoms with Gasteiger partial charge in [0.2, 0.25) is 5.91 Å². The summed E-state index contributed by atoms with van der Waals surface area (Å²) in [7, 11) is 1.88. The van der Waals surface area contributed by atoms with E-state index in [1.165, 1.54) is 12.8 Å². The van der Waals surface area contributed by atoms with Gasteiger partial charge in [-0.15, -0.1) is 0 Å². The van der Waals surface area contributed by atoms with Gasteiger partial charge in [-0.1, -0.05) is 6.92 Å². The maximum atomic E-state index is 11.7. The second-order valence-electron chi connectivity index (χ2n) is 4.70. The summed E-state index contributed by atoms with van der Waals surface area (Å²) >= 11 is 0. The van der Waals surface area contributed by atoms with Crippen LogP contribution < -0.4 is 5.32 Å². The molecule has 3 nitrogen and oxygen atoms in total. The van der Waals surface area contributed by atoms with Crippen molar-refractivity contribution in [3.63, 3.8) is 0 Å². The summed E-state index contributed by atoms with van der Waals surface area (Å²) in [5.74, 6) is 1.49. The molecule has 0 bridgehead atoms. The highest BCUT2D eigenvalue weighted by Crippen LogP contribution is 2.22. The molecule has 1 rings (SSSR count). The van der Waals surface area contributed by atoms with E-state index in [1.54, 1.807) is 0 Å². The van der Waals surface area contributed by atoms with Gasteiger partial charge in [0.05, 0.1) is 0 Å². The second-order valence-corrected chi connectivity index (χ2v) is 4.70. The van der Waals surface area contributed by atoms with E-state index in [9.17, 15) is 4.79 Å². The van der Waals surface area contributed by atoms with E-state index >= 15 is 0 Å². The van der Waals surface area contributed by atoms with Gasteiger partial charge in [-0.05, 0) is 44.7 Å². The minimum absolute atomic E-state index is 0.288. The molecule has 88 valence electrons. The van der Waals surface area contributed by atoms with Gasteiger partial charge < -0.3 is 10.2 Å². The van der Waals surface area contributed by atoms with E-state index in [2.05, 4.69) is 12.2 Å². The van der Waals surface area contributed by atoms with Crippen molar-refractivity contribution in [1.29, 1.82) is 0 Å². The lowest BCUT2D eigenvalue weighted by molar-refractivity contribution is -0.131. The number of carbonyl (C=O) groups is 1. The van der Waals surface area contributed by atoms with Crippen LogP contribution in [0.5, 0.6) is 0 Å². The number of amides is 1. The molecule has 0 spiro atoms. The number of hydrogen-bond acceptors (Lipinski definition) is 2. The molecule has 1 amide bonds. The van der Waals surface area contributed by atoms with Gasteiger partial charge in [0.25, 0.3) is 0 Å². The summed E-state index contributed by atoms with van der Waals surface area (Å²) < 4.78 is 0. The fourth-order valence-electron chi connectivity index (χ4n) is 2.14. The number of rotatable bonds is 4. The highest BCUT2D eigenvalue weighted by atomic mass is 16.2. The Bertz CT molecular complexity index is 200. The fourth-order valence-corrected chi connectivity index (χ4v) is 2.14. The third-order valence-corrected chi connectivity index (χ3v) is 3.54. The Balaban J connectivity index is 2.33. The predicted molar refractivity (Wildman–Crippen MR) is 62.7 cm³/mol. The minimum Gasteiger partial charge on any atom is -0.346 e. The molecule has 0 radical (unpaired) electrons. The lowest BCUT2D eigenvalue weighted by Crippen LogP contribution is -2.36. The Morgan fingerprint density at radius 3 is 2.87 bits per heavy atom. The molecule has 1 heterocycles. The zero-order valence-electron chi connectivity index (χ0n) is 10.3. The van der Waals surface area contributed by atoms with Crippen molar-refractivity contribution in [2.24, 2.45) is 11.8 Å². The predicted octanol–water partition coefficient (Wildman–Crippen LogP) is 1.49. The molecule has 2 unspecified atom stereocenters. The van der Waals surface area contributed by atoms with E-state index in [-0.39, 0.29) is 5.91 Å². The summed E-state index contributed by atoms with van der Waals surface area (Å²) in [5, 5.41) is 3.41. The van der Waals surface area contributed by atoms with Gasteiger partial charge in [0.1, 0.15) is 0 Å². The third-order valence-electron chi connectivity index (χ3n) is 3.54. The van der Waals surface area contributed by atoms with Gasteiger partial charge >= 0.3 is 0 Å². The van der Waals surface area contributed by atoms with Crippen molar-refractivity contribution in [1.82, 2.24) is 10.2 Å². The first-order valence-electron chi connectivity index (χ1n) is 6.09. The first-order valence-corrected chi connectivity index (χ1v) is 6.09. The molecule has 0 saturated carbocycles. The number of nitrogens with one attached hydrogen (secondary N) is 1. The summed E-state index contributed by atoms with van der Waals surface area (Å²) in [6.45, 7) is 7.27. The lowest BCUT2D eigenvalue weighted by atomic mass is 9.85. The van der Waals surface area contributed by atoms with Crippen molar-refractivity contribution in [2.75, 3.05) is 26.7 Å². The lowest BCUT2D eigenvalue weighted by Gasteiger charge is -2.29. The molecule has 1 aliphatic heterocycles. The van der Waals surface area contributed by atoms with Gasteiger partial charge in [-0.3, -0.25) is 4.79 Å². The Kier molecular flexibility index (Phi) is 5.09. The average Bonchev–Trinajstić information content (AvgIpc) is 2.29. The molecular formula is C12H24N2O. The topological polar surface area (TPSA) is 32.3 Å². The molecule has 1 saturated heterocycles. The SMILES string of the molecule is CCN(C)C(=O)CC(C)C1CCCNC1. The van der Waals surface area contributed by atoms with Gasteiger partial charge in [-0.25, -0.2) is 0 Å². The van der Waals surface area contributed by atoms with Crippen LogP contribution in [0.3, 0.4) is 0 Å². The first kappa shape index (κ1) is 12.5. The smallest absolute Gasteiger partial charge is 0.222 e. The Labute approximate surface area is 93.2 Å². The molecule has 2 atom stereocenters. The van der Waals surface area contributed by atoms with E-state index in [0.29, 0.717) is 18.3 Å². The van der Waals surface area contributed by atoms with Crippen LogP contribution in [-0.4, -0.2) is 37.5 Å². The van der Waals surface area contributed by atoms with Crippen LogP contribution in [0.2, 0.25) is 0 Å². The summed E-state index contributed by atoms with van der Waals surface area (Å²) in [6, 6.07) is 0. The Morgan fingerprint density at radius 2 is 2.33 bits per heavy atom. The third kappa shape index (κ3) is 3.82. The highest BCUT2D eigenvalue weighted by Gasteiger charge is 2.22. The number of nitrogens with zero attached hydrogens (tertiary/aromatic N) is 1. The largest absolute Gasteiger partial charge is 0.346 e. The molecule has 3 heteroatoms. The van der Waals surface area contributed by atoms with Gasteiger partial charge in [-0.2, -0.15) is 0 Å². The zero-order valence-corrected chi connectivity index (χ0v) is 10.3. The van der Waals surface area contributed by atoms with Crippen LogP contribution >= 0.6 is 0 Å². The van der Waals surface area contributed by atoms with Crippen LogP contribution in [0.15, 0.2) is 0 Å². The molecule has 0 aromatic heterocycles. The average molecular weight is 212 g/mol. The van der Waals surface area contributed by atoms with Crippen molar-refractivity contribution >= 4 is 5.91 Å². The number of hydrogen-bond donors (Lipinski definition) is 1. The maximum absolute atomic E-state index is 11.7.